The van der Waals surface area contributed by atoms with Crippen LogP contribution in [0.25, 0.3) is 0 Å². The number of aliphatic imine (C=N–C) groups is 1. The topological polar surface area (TPSA) is 50.4 Å². The molecule has 1 aromatic heterocycles. The molecule has 0 aromatic carbocycles. The van der Waals surface area contributed by atoms with E-state index in [1.54, 1.807) is 11.3 Å². The van der Waals surface area contributed by atoms with Gasteiger partial charge in [0.15, 0.2) is 5.96 Å². The molecule has 0 radical (unpaired) electrons. The summed E-state index contributed by atoms with van der Waals surface area (Å²) in [5.41, 5.74) is 5.79. The molecular weight excluding hydrogens is 286 g/mol. The average Bonchev–Trinajstić information content (AvgIpc) is 2.59. The highest BCUT2D eigenvalue weighted by molar-refractivity contribution is 9.11. The SMILES string of the molecule is NC(=NCc1ccc(Br)s1)NCC1CCC1. The first-order valence-corrected chi connectivity index (χ1v) is 7.13. The molecule has 5 heteroatoms. The van der Waals surface area contributed by atoms with Crippen LogP contribution in [0.4, 0.5) is 0 Å². The number of thiophene rings is 1. The molecule has 3 nitrogen and oxygen atoms in total. The second kappa shape index (κ2) is 5.68. The normalized spacial score (nSPS) is 17.2. The Morgan fingerprint density at radius 3 is 2.94 bits per heavy atom. The van der Waals surface area contributed by atoms with Crippen LogP contribution in [0.2, 0.25) is 0 Å². The zero-order valence-electron chi connectivity index (χ0n) is 9.08. The number of nitrogens with zero attached hydrogens (tertiary/aromatic N) is 1. The number of halogens is 1. The number of hydrogen-bond acceptors (Lipinski definition) is 2. The number of rotatable bonds is 4. The number of guanidine groups is 1. The number of hydrogen-bond donors (Lipinski definition) is 2. The van der Waals surface area contributed by atoms with Crippen molar-refractivity contribution in [1.29, 1.82) is 0 Å². The van der Waals surface area contributed by atoms with Gasteiger partial charge in [-0.05, 0) is 46.8 Å². The maximum absolute atomic E-state index is 5.79. The molecule has 0 amide bonds. The minimum Gasteiger partial charge on any atom is -0.370 e. The lowest BCUT2D eigenvalue weighted by atomic mass is 9.85. The van der Waals surface area contributed by atoms with Crippen molar-refractivity contribution < 1.29 is 0 Å². The molecule has 1 fully saturated rings. The average molecular weight is 302 g/mol. The van der Waals surface area contributed by atoms with E-state index in [1.807, 2.05) is 6.07 Å². The maximum atomic E-state index is 5.79. The van der Waals surface area contributed by atoms with Crippen LogP contribution in [0.15, 0.2) is 20.9 Å². The van der Waals surface area contributed by atoms with Gasteiger partial charge in [-0.25, -0.2) is 4.99 Å². The molecule has 1 aliphatic carbocycles. The van der Waals surface area contributed by atoms with E-state index >= 15 is 0 Å². The van der Waals surface area contributed by atoms with Gasteiger partial charge in [0.2, 0.25) is 0 Å². The predicted octanol–water partition coefficient (Wildman–Crippen LogP) is 2.72. The summed E-state index contributed by atoms with van der Waals surface area (Å²) in [6.07, 6.45) is 4.03. The van der Waals surface area contributed by atoms with E-state index in [0.29, 0.717) is 12.5 Å². The minimum atomic E-state index is 0.566. The molecule has 1 heterocycles. The Kier molecular flexibility index (Phi) is 4.23. The van der Waals surface area contributed by atoms with Gasteiger partial charge in [0.1, 0.15) is 0 Å². The Hall–Kier alpha value is -0.550. The molecule has 88 valence electrons. The molecule has 1 aromatic rings. The summed E-state index contributed by atoms with van der Waals surface area (Å²) in [5.74, 6) is 1.38. The van der Waals surface area contributed by atoms with Crippen molar-refractivity contribution in [3.05, 3.63) is 20.8 Å². The predicted molar refractivity (Wildman–Crippen MR) is 72.7 cm³/mol. The van der Waals surface area contributed by atoms with E-state index in [1.165, 1.54) is 24.1 Å². The van der Waals surface area contributed by atoms with Crippen molar-refractivity contribution >= 4 is 33.2 Å². The van der Waals surface area contributed by atoms with E-state index in [-0.39, 0.29) is 0 Å². The minimum absolute atomic E-state index is 0.566. The molecule has 0 spiro atoms. The standard InChI is InChI=1S/C11H16BrN3S/c12-10-5-4-9(16-10)7-15-11(13)14-6-8-2-1-3-8/h4-5,8H,1-3,6-7H2,(H3,13,14,15). The van der Waals surface area contributed by atoms with Gasteiger partial charge in [0.05, 0.1) is 10.3 Å². The second-order valence-corrected chi connectivity index (χ2v) is 6.63. The smallest absolute Gasteiger partial charge is 0.188 e. The fourth-order valence-corrected chi connectivity index (χ4v) is 3.01. The summed E-state index contributed by atoms with van der Waals surface area (Å²) >= 11 is 5.13. The summed E-state index contributed by atoms with van der Waals surface area (Å²) in [6.45, 7) is 1.64. The van der Waals surface area contributed by atoms with Crippen molar-refractivity contribution in [2.45, 2.75) is 25.8 Å². The first-order chi connectivity index (χ1) is 7.74. The highest BCUT2D eigenvalue weighted by atomic mass is 79.9. The summed E-state index contributed by atoms with van der Waals surface area (Å²) in [4.78, 5) is 5.53. The van der Waals surface area contributed by atoms with E-state index in [2.05, 4.69) is 32.3 Å². The summed E-state index contributed by atoms with van der Waals surface area (Å²) < 4.78 is 1.14. The number of nitrogens with one attached hydrogen (secondary N) is 1. The van der Waals surface area contributed by atoms with Crippen LogP contribution in [0.3, 0.4) is 0 Å². The molecule has 1 saturated carbocycles. The Labute approximate surface area is 108 Å². The Bertz CT molecular complexity index is 371. The van der Waals surface area contributed by atoms with Crippen molar-refractivity contribution in [3.8, 4) is 0 Å². The lowest BCUT2D eigenvalue weighted by Gasteiger charge is -2.25. The van der Waals surface area contributed by atoms with Gasteiger partial charge in [-0.2, -0.15) is 0 Å². The van der Waals surface area contributed by atoms with Crippen LogP contribution in [-0.4, -0.2) is 12.5 Å². The third-order valence-corrected chi connectivity index (χ3v) is 4.44. The fraction of sp³-hybridized carbons (Fsp3) is 0.545. The van der Waals surface area contributed by atoms with Crippen LogP contribution < -0.4 is 11.1 Å². The van der Waals surface area contributed by atoms with Gasteiger partial charge in [-0.15, -0.1) is 11.3 Å². The summed E-state index contributed by atoms with van der Waals surface area (Å²) in [7, 11) is 0. The number of nitrogens with two attached hydrogens (primary N) is 1. The molecular formula is C11H16BrN3S. The largest absolute Gasteiger partial charge is 0.370 e. The van der Waals surface area contributed by atoms with Gasteiger partial charge < -0.3 is 11.1 Å². The van der Waals surface area contributed by atoms with Crippen LogP contribution >= 0.6 is 27.3 Å². The molecule has 0 unspecified atom stereocenters. The molecule has 16 heavy (non-hydrogen) atoms. The molecule has 0 aliphatic heterocycles. The van der Waals surface area contributed by atoms with Crippen molar-refractivity contribution in [2.24, 2.45) is 16.6 Å². The molecule has 3 N–H and O–H groups in total. The fourth-order valence-electron chi connectivity index (χ4n) is 1.60. The van der Waals surface area contributed by atoms with Crippen molar-refractivity contribution in [1.82, 2.24) is 5.32 Å². The van der Waals surface area contributed by atoms with E-state index < -0.39 is 0 Å². The lowest BCUT2D eigenvalue weighted by Crippen LogP contribution is -2.37. The molecule has 0 atom stereocenters. The monoisotopic (exact) mass is 301 g/mol. The van der Waals surface area contributed by atoms with Gasteiger partial charge in [0.25, 0.3) is 0 Å². The van der Waals surface area contributed by atoms with E-state index in [9.17, 15) is 0 Å². The highest BCUT2D eigenvalue weighted by Gasteiger charge is 2.16. The lowest BCUT2D eigenvalue weighted by molar-refractivity contribution is 0.315. The second-order valence-electron chi connectivity index (χ2n) is 4.09. The molecule has 0 bridgehead atoms. The first-order valence-electron chi connectivity index (χ1n) is 5.52. The van der Waals surface area contributed by atoms with Crippen molar-refractivity contribution in [3.63, 3.8) is 0 Å². The zero-order valence-corrected chi connectivity index (χ0v) is 11.5. The first kappa shape index (κ1) is 11.9. The zero-order chi connectivity index (χ0) is 11.4. The van der Waals surface area contributed by atoms with Gasteiger partial charge in [-0.3, -0.25) is 0 Å². The molecule has 1 aliphatic rings. The van der Waals surface area contributed by atoms with E-state index in [0.717, 1.165) is 16.2 Å². The van der Waals surface area contributed by atoms with Crippen LogP contribution in [-0.2, 0) is 6.54 Å². The van der Waals surface area contributed by atoms with E-state index in [4.69, 9.17) is 5.73 Å². The van der Waals surface area contributed by atoms with Gasteiger partial charge in [0, 0.05) is 11.4 Å². The molecule has 0 saturated heterocycles. The van der Waals surface area contributed by atoms with Crippen LogP contribution in [0, 0.1) is 5.92 Å². The third kappa shape index (κ3) is 3.49. The maximum Gasteiger partial charge on any atom is 0.188 e. The van der Waals surface area contributed by atoms with Crippen molar-refractivity contribution in [2.75, 3.05) is 6.54 Å². The highest BCUT2D eigenvalue weighted by Crippen LogP contribution is 2.25. The van der Waals surface area contributed by atoms with Gasteiger partial charge >= 0.3 is 0 Å². The Morgan fingerprint density at radius 2 is 2.38 bits per heavy atom. The van der Waals surface area contributed by atoms with Gasteiger partial charge in [-0.1, -0.05) is 6.42 Å². The van der Waals surface area contributed by atoms with Crippen LogP contribution in [0.1, 0.15) is 24.1 Å². The third-order valence-electron chi connectivity index (χ3n) is 2.83. The Morgan fingerprint density at radius 1 is 1.56 bits per heavy atom. The quantitative estimate of drug-likeness (QED) is 0.664. The molecule has 2 rings (SSSR count). The summed E-state index contributed by atoms with van der Waals surface area (Å²) in [6, 6.07) is 4.10. The van der Waals surface area contributed by atoms with Crippen LogP contribution in [0.5, 0.6) is 0 Å². The summed E-state index contributed by atoms with van der Waals surface area (Å²) in [5, 5.41) is 3.18. The Balaban J connectivity index is 1.73.